The van der Waals surface area contributed by atoms with Crippen molar-refractivity contribution in [3.63, 3.8) is 0 Å². The molecule has 1 aliphatic rings. The highest BCUT2D eigenvalue weighted by atomic mass is 32.2. The van der Waals surface area contributed by atoms with Gasteiger partial charge in [0.1, 0.15) is 0 Å². The molecule has 0 radical (unpaired) electrons. The first kappa shape index (κ1) is 15.9. The van der Waals surface area contributed by atoms with Crippen molar-refractivity contribution in [2.24, 2.45) is 0 Å². The zero-order valence-corrected chi connectivity index (χ0v) is 13.6. The summed E-state index contributed by atoms with van der Waals surface area (Å²) in [5.74, 6) is -0.334. The number of carbonyl (C=O) groups is 1. The summed E-state index contributed by atoms with van der Waals surface area (Å²) in [5, 5.41) is 9.21. The van der Waals surface area contributed by atoms with Crippen LogP contribution < -0.4 is 0 Å². The molecule has 1 unspecified atom stereocenters. The summed E-state index contributed by atoms with van der Waals surface area (Å²) in [7, 11) is -0.982. The van der Waals surface area contributed by atoms with Crippen molar-refractivity contribution >= 4 is 16.8 Å². The Balaban J connectivity index is 1.67. The zero-order chi connectivity index (χ0) is 16.2. The minimum Gasteiger partial charge on any atom is -0.477 e. The second-order valence-corrected chi connectivity index (χ2v) is 7.28. The van der Waals surface area contributed by atoms with E-state index in [1.54, 1.807) is 6.20 Å². The van der Waals surface area contributed by atoms with Gasteiger partial charge in [-0.15, -0.1) is 0 Å². The van der Waals surface area contributed by atoms with Crippen LogP contribution in [0.3, 0.4) is 0 Å². The van der Waals surface area contributed by atoms with Crippen LogP contribution in [0.4, 0.5) is 0 Å². The average molecular weight is 329 g/mol. The molecule has 0 spiro atoms. The number of carboxylic acid groups (broad SMARTS) is 1. The SMILES string of the molecule is O=C(O)c1ncc(CCCS(=O)c2ccccc2)c2c1CCC2. The normalized spacial score (nSPS) is 14.4. The maximum absolute atomic E-state index is 12.2. The van der Waals surface area contributed by atoms with Crippen molar-refractivity contribution in [1.82, 2.24) is 4.98 Å². The number of nitrogens with zero attached hydrogens (tertiary/aromatic N) is 1. The molecule has 1 heterocycles. The number of fused-ring (bicyclic) bond motifs is 1. The summed E-state index contributed by atoms with van der Waals surface area (Å²) in [6.45, 7) is 0. The zero-order valence-electron chi connectivity index (χ0n) is 12.8. The molecule has 1 aromatic heterocycles. The minimum atomic E-state index is -0.982. The fourth-order valence-corrected chi connectivity index (χ4v) is 4.24. The molecule has 0 bridgehead atoms. The van der Waals surface area contributed by atoms with Crippen LogP contribution in [0.2, 0.25) is 0 Å². The lowest BCUT2D eigenvalue weighted by molar-refractivity contribution is 0.0689. The van der Waals surface area contributed by atoms with Gasteiger partial charge in [-0.25, -0.2) is 9.78 Å². The Labute approximate surface area is 138 Å². The molecule has 1 atom stereocenters. The molecule has 0 fully saturated rings. The summed E-state index contributed by atoms with van der Waals surface area (Å²) in [5.41, 5.74) is 3.38. The first-order valence-electron chi connectivity index (χ1n) is 7.83. The van der Waals surface area contributed by atoms with Gasteiger partial charge >= 0.3 is 5.97 Å². The number of hydrogen-bond donors (Lipinski definition) is 1. The molecule has 3 rings (SSSR count). The van der Waals surface area contributed by atoms with Crippen molar-refractivity contribution in [3.8, 4) is 0 Å². The van der Waals surface area contributed by atoms with E-state index >= 15 is 0 Å². The summed E-state index contributed by atoms with van der Waals surface area (Å²) in [6.07, 6.45) is 6.02. The van der Waals surface area contributed by atoms with Crippen molar-refractivity contribution in [2.75, 3.05) is 5.75 Å². The van der Waals surface area contributed by atoms with Gasteiger partial charge in [0.25, 0.3) is 0 Å². The van der Waals surface area contributed by atoms with Crippen LogP contribution in [-0.4, -0.2) is 26.0 Å². The Morgan fingerprint density at radius 2 is 1.91 bits per heavy atom. The Morgan fingerprint density at radius 1 is 1.17 bits per heavy atom. The van der Waals surface area contributed by atoms with Crippen LogP contribution in [0.5, 0.6) is 0 Å². The number of aromatic nitrogens is 1. The lowest BCUT2D eigenvalue weighted by Crippen LogP contribution is -2.08. The largest absolute Gasteiger partial charge is 0.477 e. The molecule has 1 N–H and O–H groups in total. The topological polar surface area (TPSA) is 67.3 Å². The van der Waals surface area contributed by atoms with Crippen molar-refractivity contribution < 1.29 is 14.1 Å². The van der Waals surface area contributed by atoms with Gasteiger partial charge in [-0.05, 0) is 60.9 Å². The Kier molecular flexibility index (Phi) is 4.86. The Hall–Kier alpha value is -2.01. The Morgan fingerprint density at radius 3 is 2.65 bits per heavy atom. The summed E-state index contributed by atoms with van der Waals surface area (Å²) >= 11 is 0. The summed E-state index contributed by atoms with van der Waals surface area (Å²) in [6, 6.07) is 9.48. The Bertz CT molecular complexity index is 743. The first-order valence-corrected chi connectivity index (χ1v) is 9.15. The van der Waals surface area contributed by atoms with Crippen LogP contribution >= 0.6 is 0 Å². The van der Waals surface area contributed by atoms with Gasteiger partial charge in [0.05, 0.1) is 10.8 Å². The van der Waals surface area contributed by atoms with Crippen LogP contribution in [-0.2, 0) is 30.1 Å². The molecule has 0 saturated carbocycles. The number of carboxylic acids is 1. The third kappa shape index (κ3) is 3.50. The first-order chi connectivity index (χ1) is 11.2. The quantitative estimate of drug-likeness (QED) is 0.884. The number of rotatable bonds is 6. The van der Waals surface area contributed by atoms with Crippen LogP contribution in [0, 0.1) is 0 Å². The van der Waals surface area contributed by atoms with Gasteiger partial charge in [-0.2, -0.15) is 0 Å². The van der Waals surface area contributed by atoms with Crippen molar-refractivity contribution in [2.45, 2.75) is 37.0 Å². The van der Waals surface area contributed by atoms with E-state index in [9.17, 15) is 14.1 Å². The van der Waals surface area contributed by atoms with E-state index in [1.165, 1.54) is 0 Å². The average Bonchev–Trinajstić information content (AvgIpc) is 3.05. The number of aryl methyl sites for hydroxylation is 1. The summed E-state index contributed by atoms with van der Waals surface area (Å²) < 4.78 is 12.2. The molecule has 4 nitrogen and oxygen atoms in total. The lowest BCUT2D eigenvalue weighted by atomic mass is 10.0. The highest BCUT2D eigenvalue weighted by Gasteiger charge is 2.22. The molecule has 23 heavy (non-hydrogen) atoms. The number of pyridine rings is 1. The fourth-order valence-electron chi connectivity index (χ4n) is 3.14. The van der Waals surface area contributed by atoms with E-state index in [4.69, 9.17) is 0 Å². The molecule has 5 heteroatoms. The molecule has 2 aromatic rings. The van der Waals surface area contributed by atoms with Gasteiger partial charge in [0, 0.05) is 16.8 Å². The molecule has 120 valence electrons. The highest BCUT2D eigenvalue weighted by Crippen LogP contribution is 2.28. The predicted octanol–water partition coefficient (Wildman–Crippen LogP) is 3.01. The number of aromatic carboxylic acids is 1. The molecular weight excluding hydrogens is 310 g/mol. The monoisotopic (exact) mass is 329 g/mol. The third-order valence-electron chi connectivity index (χ3n) is 4.23. The molecule has 0 aliphatic heterocycles. The van der Waals surface area contributed by atoms with Crippen LogP contribution in [0.15, 0.2) is 41.4 Å². The number of hydrogen-bond acceptors (Lipinski definition) is 3. The second-order valence-electron chi connectivity index (χ2n) is 5.71. The predicted molar refractivity (Wildman–Crippen MR) is 89.3 cm³/mol. The molecular formula is C18H19NO3S. The smallest absolute Gasteiger partial charge is 0.354 e. The number of benzene rings is 1. The van der Waals surface area contributed by atoms with Gasteiger partial charge in [-0.1, -0.05) is 18.2 Å². The van der Waals surface area contributed by atoms with E-state index in [1.807, 2.05) is 30.3 Å². The third-order valence-corrected chi connectivity index (χ3v) is 5.68. The maximum atomic E-state index is 12.2. The fraction of sp³-hybridized carbons (Fsp3) is 0.333. The van der Waals surface area contributed by atoms with Crippen molar-refractivity contribution in [1.29, 1.82) is 0 Å². The van der Waals surface area contributed by atoms with Gasteiger partial charge in [0.2, 0.25) is 0 Å². The van der Waals surface area contributed by atoms with E-state index in [-0.39, 0.29) is 5.69 Å². The summed E-state index contributed by atoms with van der Waals surface area (Å²) in [4.78, 5) is 16.2. The molecule has 1 aromatic carbocycles. The van der Waals surface area contributed by atoms with Gasteiger partial charge < -0.3 is 5.11 Å². The highest BCUT2D eigenvalue weighted by molar-refractivity contribution is 7.85. The van der Waals surface area contributed by atoms with Crippen LogP contribution in [0.25, 0.3) is 0 Å². The molecule has 0 saturated heterocycles. The second kappa shape index (κ2) is 7.04. The van der Waals surface area contributed by atoms with Crippen molar-refractivity contribution in [3.05, 3.63) is 58.9 Å². The minimum absolute atomic E-state index is 0.203. The van der Waals surface area contributed by atoms with E-state index < -0.39 is 16.8 Å². The van der Waals surface area contributed by atoms with E-state index in [0.717, 1.165) is 53.7 Å². The standard InChI is InChI=1S/C18H19NO3S/c20-18(21)17-16-10-4-9-15(16)13(12-19-17)6-5-11-23(22)14-7-2-1-3-8-14/h1-3,7-8,12H,4-6,9-11H2,(H,20,21). The molecule has 0 amide bonds. The van der Waals surface area contributed by atoms with Gasteiger partial charge in [-0.3, -0.25) is 4.21 Å². The van der Waals surface area contributed by atoms with Crippen LogP contribution in [0.1, 0.15) is 40.0 Å². The maximum Gasteiger partial charge on any atom is 0.354 e. The van der Waals surface area contributed by atoms with E-state index in [0.29, 0.717) is 5.75 Å². The van der Waals surface area contributed by atoms with Gasteiger partial charge in [0.15, 0.2) is 5.69 Å². The molecule has 1 aliphatic carbocycles. The van der Waals surface area contributed by atoms with E-state index in [2.05, 4.69) is 4.98 Å². The lowest BCUT2D eigenvalue weighted by Gasteiger charge is -2.10.